The summed E-state index contributed by atoms with van der Waals surface area (Å²) in [6, 6.07) is 70.7. The van der Waals surface area contributed by atoms with Crippen molar-refractivity contribution in [2.24, 2.45) is 0 Å². The standard InChI is InChI=1S/C58H44N4O/c1-57(2)49-28-15-27-48-47-32-31-43(36-52(47)62(54(48)49)56-50(58(57,3)4)29-16-34-59-56)63-42-23-13-22-41(35-42)60-37-61(55-46-24-12-11-21-40(46)30-33-51(55)60)53-44(38-17-7-5-8-18-38)25-14-26-45(53)39-19-9-6-10-20-39/h5-36H,1-4H3/q+2. The molecule has 300 valence electrons. The van der Waals surface area contributed by atoms with E-state index in [0.29, 0.717) is 0 Å². The van der Waals surface area contributed by atoms with Crippen LogP contribution >= 0.6 is 0 Å². The van der Waals surface area contributed by atoms with Crippen molar-refractivity contribution in [2.75, 3.05) is 0 Å². The lowest BCUT2D eigenvalue weighted by atomic mass is 9.61. The van der Waals surface area contributed by atoms with Crippen LogP contribution in [-0.4, -0.2) is 15.6 Å². The summed E-state index contributed by atoms with van der Waals surface area (Å²) in [5.74, 6) is 2.46. The van der Waals surface area contributed by atoms with Gasteiger partial charge in [-0.25, -0.2) is 4.98 Å². The van der Waals surface area contributed by atoms with Crippen molar-refractivity contribution >= 4 is 61.3 Å². The van der Waals surface area contributed by atoms with E-state index in [1.165, 1.54) is 32.8 Å². The molecule has 2 aliphatic heterocycles. The van der Waals surface area contributed by atoms with Gasteiger partial charge in [0.1, 0.15) is 17.3 Å². The van der Waals surface area contributed by atoms with Gasteiger partial charge in [-0.1, -0.05) is 143 Å². The average Bonchev–Trinajstić information content (AvgIpc) is 3.86. The van der Waals surface area contributed by atoms with Crippen molar-refractivity contribution in [1.29, 1.82) is 0 Å². The van der Waals surface area contributed by atoms with Gasteiger partial charge < -0.3 is 4.74 Å². The summed E-state index contributed by atoms with van der Waals surface area (Å²) in [4.78, 5) is 5.07. The van der Waals surface area contributed by atoms with E-state index < -0.39 is 0 Å². The third-order valence-electron chi connectivity index (χ3n) is 14.0. The molecule has 0 spiro atoms. The van der Waals surface area contributed by atoms with Crippen LogP contribution in [-0.2, 0) is 10.8 Å². The molecule has 63 heavy (non-hydrogen) atoms. The summed E-state index contributed by atoms with van der Waals surface area (Å²) < 4.78 is 13.7. The summed E-state index contributed by atoms with van der Waals surface area (Å²) >= 11 is 0. The molecule has 0 atom stereocenters. The Kier molecular flexibility index (Phi) is 8.12. The smallest absolute Gasteiger partial charge is 0.457 e. The van der Waals surface area contributed by atoms with Crippen molar-refractivity contribution in [3.8, 4) is 39.6 Å². The summed E-state index contributed by atoms with van der Waals surface area (Å²) in [5, 5.41) is 4.72. The van der Waals surface area contributed by atoms with Crippen molar-refractivity contribution in [2.45, 2.75) is 38.5 Å². The van der Waals surface area contributed by atoms with Crippen LogP contribution in [0, 0.1) is 0 Å². The van der Waals surface area contributed by atoms with Crippen LogP contribution in [0.15, 0.2) is 194 Å². The number of rotatable bonds is 6. The van der Waals surface area contributed by atoms with Crippen molar-refractivity contribution < 1.29 is 4.74 Å². The first-order chi connectivity index (χ1) is 30.8. The fourth-order valence-corrected chi connectivity index (χ4v) is 10.1. The summed E-state index contributed by atoms with van der Waals surface area (Å²) in [6.07, 6.45) is 1.91. The Labute approximate surface area is 366 Å². The number of benzene rings is 8. The number of para-hydroxylation sites is 2. The first kappa shape index (κ1) is 37.0. The molecular formula is C58H44N4O+2. The fraction of sp³-hybridized carbons (Fsp3) is 0.103. The molecule has 0 saturated carbocycles. The van der Waals surface area contributed by atoms with Gasteiger partial charge >= 0.3 is 11.7 Å². The van der Waals surface area contributed by atoms with E-state index in [2.05, 4.69) is 229 Å². The maximum absolute atomic E-state index is 6.85. The SMILES string of the molecule is CC1(C)c2cccnc2-n2c3cc(Oc4cccc([N+]5=C=[N+](c6c(-c7ccccc7)cccc6-c6ccccc6)c6c5ccc5ccccc65)c4)ccc3c3cccc(c32)C1(C)C. The van der Waals surface area contributed by atoms with E-state index in [1.807, 2.05) is 12.3 Å². The number of nitrogens with zero attached hydrogens (tertiary/aromatic N) is 4. The minimum atomic E-state index is -0.179. The van der Waals surface area contributed by atoms with Crippen molar-refractivity contribution in [1.82, 2.24) is 18.7 Å². The Balaban J connectivity index is 1.03. The molecule has 0 saturated heterocycles. The first-order valence-electron chi connectivity index (χ1n) is 21.7. The summed E-state index contributed by atoms with van der Waals surface area (Å²) in [5.41, 5.74) is 13.2. The fourth-order valence-electron chi connectivity index (χ4n) is 10.1. The Bertz CT molecular complexity index is 3520. The van der Waals surface area contributed by atoms with E-state index in [9.17, 15) is 0 Å². The molecule has 4 heterocycles. The van der Waals surface area contributed by atoms with Crippen LogP contribution in [0.3, 0.4) is 0 Å². The molecule has 0 unspecified atom stereocenters. The molecule has 0 N–H and O–H groups in total. The van der Waals surface area contributed by atoms with Gasteiger partial charge in [0.05, 0.1) is 33.6 Å². The van der Waals surface area contributed by atoms with Gasteiger partial charge in [0.2, 0.25) is 11.4 Å². The quantitative estimate of drug-likeness (QED) is 0.157. The Morgan fingerprint density at radius 3 is 1.94 bits per heavy atom. The van der Waals surface area contributed by atoms with Gasteiger partial charge in [-0.2, -0.15) is 0 Å². The largest absolute Gasteiger partial charge is 0.503 e. The highest BCUT2D eigenvalue weighted by Gasteiger charge is 2.46. The predicted molar refractivity (Wildman–Crippen MR) is 260 cm³/mol. The third kappa shape index (κ3) is 5.53. The highest BCUT2D eigenvalue weighted by Crippen LogP contribution is 2.52. The molecule has 2 aromatic heterocycles. The second kappa shape index (κ2) is 13.8. The highest BCUT2D eigenvalue weighted by molar-refractivity contribution is 6.11. The predicted octanol–water partition coefficient (Wildman–Crippen LogP) is 14.9. The van der Waals surface area contributed by atoms with Crippen LogP contribution in [0.2, 0.25) is 0 Å². The maximum atomic E-state index is 6.85. The lowest BCUT2D eigenvalue weighted by Crippen LogP contribution is -2.40. The summed E-state index contributed by atoms with van der Waals surface area (Å²) in [7, 11) is 0. The minimum absolute atomic E-state index is 0.163. The Morgan fingerprint density at radius 1 is 0.508 bits per heavy atom. The molecule has 0 bridgehead atoms. The van der Waals surface area contributed by atoms with E-state index in [4.69, 9.17) is 9.72 Å². The van der Waals surface area contributed by atoms with Crippen LogP contribution in [0.25, 0.3) is 60.6 Å². The lowest BCUT2D eigenvalue weighted by Gasteiger charge is -2.41. The van der Waals surface area contributed by atoms with Crippen molar-refractivity contribution in [3.63, 3.8) is 0 Å². The van der Waals surface area contributed by atoms with E-state index in [0.717, 1.165) is 73.2 Å². The zero-order chi connectivity index (χ0) is 42.5. The maximum Gasteiger partial charge on any atom is 0.503 e. The van der Waals surface area contributed by atoms with Crippen LogP contribution in [0.5, 0.6) is 11.5 Å². The molecular weight excluding hydrogens is 769 g/mol. The zero-order valence-corrected chi connectivity index (χ0v) is 35.7. The van der Waals surface area contributed by atoms with E-state index in [-0.39, 0.29) is 10.8 Å². The minimum Gasteiger partial charge on any atom is -0.457 e. The van der Waals surface area contributed by atoms with Gasteiger partial charge in [-0.05, 0) is 79.8 Å². The average molecular weight is 813 g/mol. The number of hydrogen-bond acceptors (Lipinski definition) is 2. The first-order valence-corrected chi connectivity index (χ1v) is 21.7. The lowest BCUT2D eigenvalue weighted by molar-refractivity contribution is 0.306. The van der Waals surface area contributed by atoms with Gasteiger partial charge in [-0.3, -0.25) is 4.57 Å². The number of pyridine rings is 1. The molecule has 0 radical (unpaired) electrons. The molecule has 0 fully saturated rings. The highest BCUT2D eigenvalue weighted by atomic mass is 16.5. The molecule has 8 aromatic carbocycles. The molecule has 12 rings (SSSR count). The second-order valence-electron chi connectivity index (χ2n) is 17.8. The second-order valence-corrected chi connectivity index (χ2v) is 17.8. The topological polar surface area (TPSA) is 33.1 Å². The van der Waals surface area contributed by atoms with Gasteiger partial charge in [0, 0.05) is 51.6 Å². The molecule has 5 nitrogen and oxygen atoms in total. The van der Waals surface area contributed by atoms with Crippen LogP contribution in [0.1, 0.15) is 38.8 Å². The zero-order valence-electron chi connectivity index (χ0n) is 35.7. The normalized spacial score (nSPS) is 14.5. The molecule has 10 aromatic rings. The Morgan fingerprint density at radius 2 is 1.16 bits per heavy atom. The monoisotopic (exact) mass is 812 g/mol. The molecule has 2 aliphatic rings. The number of fused-ring (bicyclic) bond motifs is 8. The summed E-state index contributed by atoms with van der Waals surface area (Å²) in [6.45, 7) is 9.43. The van der Waals surface area contributed by atoms with Gasteiger partial charge in [0.15, 0.2) is 0 Å². The van der Waals surface area contributed by atoms with E-state index >= 15 is 0 Å². The van der Waals surface area contributed by atoms with E-state index in [1.54, 1.807) is 0 Å². The number of aromatic nitrogens is 2. The third-order valence-corrected chi connectivity index (χ3v) is 14.0. The number of ether oxygens (including phenoxy) is 1. The van der Waals surface area contributed by atoms with Gasteiger partial charge in [-0.15, -0.1) is 0 Å². The number of hydrogen-bond donors (Lipinski definition) is 0. The molecule has 0 aliphatic carbocycles. The Hall–Kier alpha value is -7.85. The molecule has 0 amide bonds. The van der Waals surface area contributed by atoms with Gasteiger partial charge in [0.25, 0.3) is 5.69 Å². The van der Waals surface area contributed by atoms with Crippen LogP contribution in [0.4, 0.5) is 22.7 Å². The molecule has 5 heteroatoms. The van der Waals surface area contributed by atoms with Crippen LogP contribution < -0.4 is 13.9 Å². The van der Waals surface area contributed by atoms with Crippen molar-refractivity contribution in [3.05, 3.63) is 205 Å².